The molecule has 5 rings (SSSR count). The third-order valence-corrected chi connectivity index (χ3v) is 5.60. The Morgan fingerprint density at radius 3 is 2.91 bits per heavy atom. The zero-order valence-corrected chi connectivity index (χ0v) is 19.7. The van der Waals surface area contributed by atoms with Crippen LogP contribution < -0.4 is 15.5 Å². The molecule has 1 aliphatic carbocycles. The topological polar surface area (TPSA) is 100 Å². The molecule has 35 heavy (non-hydrogen) atoms. The van der Waals surface area contributed by atoms with Crippen LogP contribution in [0.4, 0.5) is 17.3 Å². The smallest absolute Gasteiger partial charge is 0.249 e. The number of rotatable bonds is 8. The molecule has 0 fully saturated rings. The highest BCUT2D eigenvalue weighted by Gasteiger charge is 2.18. The predicted octanol–water partition coefficient (Wildman–Crippen LogP) is 4.92. The van der Waals surface area contributed by atoms with Crippen molar-refractivity contribution in [2.75, 3.05) is 29.6 Å². The van der Waals surface area contributed by atoms with Crippen LogP contribution in [0.3, 0.4) is 0 Å². The monoisotopic (exact) mass is 469 g/mol. The number of hydrogen-bond acceptors (Lipinski definition) is 8. The molecule has 3 N–H and O–H groups in total. The molecular formula is C26H27N7O2. The van der Waals surface area contributed by atoms with Crippen molar-refractivity contribution in [3.63, 3.8) is 0 Å². The van der Waals surface area contributed by atoms with Crippen molar-refractivity contribution in [1.29, 1.82) is 0 Å². The van der Waals surface area contributed by atoms with Gasteiger partial charge in [-0.1, -0.05) is 24.3 Å². The minimum atomic E-state index is 0.378. The Kier molecular flexibility index (Phi) is 6.47. The molecule has 0 saturated carbocycles. The highest BCUT2D eigenvalue weighted by molar-refractivity contribution is 5.78. The lowest BCUT2D eigenvalue weighted by molar-refractivity contribution is 0.233. The molecule has 9 nitrogen and oxygen atoms in total. The van der Waals surface area contributed by atoms with Gasteiger partial charge in [-0.25, -0.2) is 0 Å². The number of hydrogen-bond donors (Lipinski definition) is 3. The summed E-state index contributed by atoms with van der Waals surface area (Å²) in [4.78, 5) is 10.9. The summed E-state index contributed by atoms with van der Waals surface area (Å²) >= 11 is 0. The third kappa shape index (κ3) is 5.35. The summed E-state index contributed by atoms with van der Waals surface area (Å²) in [6.07, 6.45) is 14.8. The van der Waals surface area contributed by atoms with Gasteiger partial charge in [-0.3, -0.25) is 15.4 Å². The van der Waals surface area contributed by atoms with E-state index in [0.29, 0.717) is 30.0 Å². The number of nitrogens with one attached hydrogen (secondary N) is 3. The van der Waals surface area contributed by atoms with E-state index < -0.39 is 0 Å². The SMILES string of the molecule is CN(C)c1ccc(-c2nc(NC3=COC=C(C4=CC=CCC4)O3)n[nH]2)c(NCc2cccnc2)c1. The molecule has 0 amide bonds. The molecule has 3 heterocycles. The normalized spacial score (nSPS) is 14.7. The van der Waals surface area contributed by atoms with Gasteiger partial charge in [0.25, 0.3) is 0 Å². The summed E-state index contributed by atoms with van der Waals surface area (Å²) in [6, 6.07) is 10.1. The Balaban J connectivity index is 1.32. The molecule has 0 spiro atoms. The fourth-order valence-corrected chi connectivity index (χ4v) is 3.74. The van der Waals surface area contributed by atoms with E-state index in [4.69, 9.17) is 9.47 Å². The number of ether oxygens (including phenoxy) is 2. The van der Waals surface area contributed by atoms with Gasteiger partial charge in [0.05, 0.1) is 0 Å². The lowest BCUT2D eigenvalue weighted by atomic mass is 10.0. The molecule has 0 atom stereocenters. The van der Waals surface area contributed by atoms with E-state index in [1.807, 2.05) is 56.7 Å². The van der Waals surface area contributed by atoms with Gasteiger partial charge >= 0.3 is 0 Å². The average molecular weight is 470 g/mol. The lowest BCUT2D eigenvalue weighted by Gasteiger charge is -2.19. The van der Waals surface area contributed by atoms with Gasteiger partial charge in [-0.05, 0) is 48.2 Å². The van der Waals surface area contributed by atoms with Crippen LogP contribution in [0.15, 0.2) is 90.7 Å². The highest BCUT2D eigenvalue weighted by Crippen LogP contribution is 2.31. The van der Waals surface area contributed by atoms with Gasteiger partial charge in [0.1, 0.15) is 6.26 Å². The first kappa shape index (κ1) is 22.3. The van der Waals surface area contributed by atoms with Gasteiger partial charge in [-0.2, -0.15) is 4.98 Å². The molecule has 1 aliphatic heterocycles. The van der Waals surface area contributed by atoms with Crippen LogP contribution >= 0.6 is 0 Å². The summed E-state index contributed by atoms with van der Waals surface area (Å²) in [6.45, 7) is 0.634. The van der Waals surface area contributed by atoms with Crippen LogP contribution in [0, 0.1) is 0 Å². The van der Waals surface area contributed by atoms with E-state index in [-0.39, 0.29) is 0 Å². The molecule has 9 heteroatoms. The summed E-state index contributed by atoms with van der Waals surface area (Å²) in [5.41, 5.74) is 5.07. The fraction of sp³-hybridized carbons (Fsp3) is 0.192. The number of anilines is 3. The maximum Gasteiger partial charge on any atom is 0.249 e. The van der Waals surface area contributed by atoms with E-state index in [9.17, 15) is 0 Å². The zero-order chi connectivity index (χ0) is 24.0. The van der Waals surface area contributed by atoms with Crippen molar-refractivity contribution in [2.45, 2.75) is 19.4 Å². The zero-order valence-electron chi connectivity index (χ0n) is 19.7. The molecule has 3 aromatic rings. The predicted molar refractivity (Wildman–Crippen MR) is 136 cm³/mol. The Labute approximate surface area is 203 Å². The van der Waals surface area contributed by atoms with Crippen LogP contribution in [0.2, 0.25) is 0 Å². The summed E-state index contributed by atoms with van der Waals surface area (Å²) in [5.74, 6) is 2.10. The number of aromatic nitrogens is 4. The Morgan fingerprint density at radius 1 is 1.17 bits per heavy atom. The minimum Gasteiger partial charge on any atom is -0.463 e. The summed E-state index contributed by atoms with van der Waals surface area (Å²) in [7, 11) is 4.03. The average Bonchev–Trinajstić information content (AvgIpc) is 3.36. The molecule has 2 aliphatic rings. The van der Waals surface area contributed by atoms with E-state index in [1.54, 1.807) is 12.5 Å². The van der Waals surface area contributed by atoms with Crippen molar-refractivity contribution in [2.24, 2.45) is 0 Å². The van der Waals surface area contributed by atoms with E-state index >= 15 is 0 Å². The number of aromatic amines is 1. The molecule has 1 aromatic carbocycles. The maximum atomic E-state index is 5.96. The lowest BCUT2D eigenvalue weighted by Crippen LogP contribution is -2.11. The van der Waals surface area contributed by atoms with Crippen LogP contribution in [-0.4, -0.2) is 34.3 Å². The van der Waals surface area contributed by atoms with E-state index in [2.05, 4.69) is 47.8 Å². The fourth-order valence-electron chi connectivity index (χ4n) is 3.74. The summed E-state index contributed by atoms with van der Waals surface area (Å²) in [5, 5.41) is 13.9. The summed E-state index contributed by atoms with van der Waals surface area (Å²) < 4.78 is 11.4. The van der Waals surface area contributed by atoms with Gasteiger partial charge in [0.15, 0.2) is 17.8 Å². The number of pyridine rings is 1. The first-order valence-corrected chi connectivity index (χ1v) is 11.4. The molecule has 0 radical (unpaired) electrons. The first-order chi connectivity index (χ1) is 17.2. The van der Waals surface area contributed by atoms with Crippen LogP contribution in [0.1, 0.15) is 18.4 Å². The van der Waals surface area contributed by atoms with Crippen molar-refractivity contribution in [3.8, 4) is 11.4 Å². The molecule has 178 valence electrons. The van der Waals surface area contributed by atoms with Crippen molar-refractivity contribution >= 4 is 17.3 Å². The number of benzene rings is 1. The first-order valence-electron chi connectivity index (χ1n) is 11.4. The van der Waals surface area contributed by atoms with Crippen LogP contribution in [-0.2, 0) is 16.0 Å². The molecular weight excluding hydrogens is 442 g/mol. The second-order valence-electron chi connectivity index (χ2n) is 8.33. The molecule has 0 bridgehead atoms. The second kappa shape index (κ2) is 10.2. The molecule has 0 saturated heterocycles. The van der Waals surface area contributed by atoms with Crippen LogP contribution in [0.25, 0.3) is 11.4 Å². The van der Waals surface area contributed by atoms with Gasteiger partial charge in [0.2, 0.25) is 11.8 Å². The van der Waals surface area contributed by atoms with E-state index in [1.165, 1.54) is 6.26 Å². The van der Waals surface area contributed by atoms with Crippen LogP contribution in [0.5, 0.6) is 0 Å². The van der Waals surface area contributed by atoms with Gasteiger partial charge in [-0.15, -0.1) is 5.10 Å². The van der Waals surface area contributed by atoms with Gasteiger partial charge < -0.3 is 19.7 Å². The number of H-pyrrole nitrogens is 1. The standard InChI is InChI=1S/C26H27N7O2/c1-33(2)20-10-11-21(22(13-20)28-15-18-7-6-12-27-14-18)25-30-26(32-31-25)29-24-17-34-16-23(35-24)19-8-4-3-5-9-19/h3-4,6-8,10-14,16-17,28H,5,9,15H2,1-2H3,(H2,29,30,31,32). The molecule has 2 aromatic heterocycles. The number of allylic oxidation sites excluding steroid dienone is 4. The maximum absolute atomic E-state index is 5.96. The molecule has 0 unspecified atom stereocenters. The van der Waals surface area contributed by atoms with Gasteiger partial charge in [0, 0.05) is 50.0 Å². The highest BCUT2D eigenvalue weighted by atomic mass is 16.6. The Morgan fingerprint density at radius 2 is 2.11 bits per heavy atom. The largest absolute Gasteiger partial charge is 0.463 e. The van der Waals surface area contributed by atoms with Crippen molar-refractivity contribution < 1.29 is 9.47 Å². The van der Waals surface area contributed by atoms with Crippen molar-refractivity contribution in [3.05, 3.63) is 96.3 Å². The second-order valence-corrected chi connectivity index (χ2v) is 8.33. The quantitative estimate of drug-likeness (QED) is 0.427. The Hall–Kier alpha value is -4.53. The van der Waals surface area contributed by atoms with E-state index in [0.717, 1.165) is 40.9 Å². The third-order valence-electron chi connectivity index (χ3n) is 5.60. The minimum absolute atomic E-state index is 0.378. The Bertz CT molecular complexity index is 1310. The number of nitrogens with zero attached hydrogens (tertiary/aromatic N) is 4. The van der Waals surface area contributed by atoms with Crippen molar-refractivity contribution in [1.82, 2.24) is 20.2 Å².